The van der Waals surface area contributed by atoms with Crippen molar-refractivity contribution < 1.29 is 9.90 Å². The zero-order valence-corrected chi connectivity index (χ0v) is 12.4. The van der Waals surface area contributed by atoms with Crippen LogP contribution in [-0.4, -0.2) is 34.0 Å². The average Bonchev–Trinajstić information content (AvgIpc) is 2.74. The number of piperidine rings is 1. The molecule has 19 heavy (non-hydrogen) atoms. The topological polar surface area (TPSA) is 53.4 Å². The Morgan fingerprint density at radius 3 is 3.11 bits per heavy atom. The molecule has 2 unspecified atom stereocenters. The number of rotatable bonds is 5. The molecule has 2 heterocycles. The molecule has 1 aliphatic rings. The van der Waals surface area contributed by atoms with Crippen LogP contribution in [0.2, 0.25) is 0 Å². The first-order chi connectivity index (χ1) is 9.04. The third-order valence-electron chi connectivity index (χ3n) is 3.90. The molecule has 4 nitrogen and oxygen atoms in total. The molecule has 1 aromatic rings. The van der Waals surface area contributed by atoms with Crippen LogP contribution in [0.4, 0.5) is 0 Å². The smallest absolute Gasteiger partial charge is 0.303 e. The van der Waals surface area contributed by atoms with E-state index in [0.29, 0.717) is 5.92 Å². The number of likely N-dealkylation sites (tertiary alicyclic amines) is 1. The van der Waals surface area contributed by atoms with E-state index in [1.807, 2.05) is 6.92 Å². The Kier molecular flexibility index (Phi) is 4.93. The molecule has 0 amide bonds. The van der Waals surface area contributed by atoms with Gasteiger partial charge in [-0.05, 0) is 38.1 Å². The number of nitrogens with zero attached hydrogens (tertiary/aromatic N) is 2. The Morgan fingerprint density at radius 1 is 1.68 bits per heavy atom. The first-order valence-electron chi connectivity index (χ1n) is 6.89. The predicted molar refractivity (Wildman–Crippen MR) is 76.3 cm³/mol. The summed E-state index contributed by atoms with van der Waals surface area (Å²) in [7, 11) is 0. The highest BCUT2D eigenvalue weighted by molar-refractivity contribution is 7.09. The van der Waals surface area contributed by atoms with Crippen molar-refractivity contribution >= 4 is 17.3 Å². The van der Waals surface area contributed by atoms with Crippen molar-refractivity contribution in [3.63, 3.8) is 0 Å². The molecule has 0 saturated carbocycles. The highest BCUT2D eigenvalue weighted by Gasteiger charge is 2.26. The van der Waals surface area contributed by atoms with E-state index in [-0.39, 0.29) is 12.3 Å². The van der Waals surface area contributed by atoms with Crippen molar-refractivity contribution in [2.24, 2.45) is 11.8 Å². The fourth-order valence-corrected chi connectivity index (χ4v) is 3.46. The molecule has 1 saturated heterocycles. The first-order valence-corrected chi connectivity index (χ1v) is 7.77. The Labute approximate surface area is 118 Å². The van der Waals surface area contributed by atoms with Crippen LogP contribution in [0.15, 0.2) is 5.38 Å². The van der Waals surface area contributed by atoms with Gasteiger partial charge in [-0.1, -0.05) is 6.92 Å². The monoisotopic (exact) mass is 282 g/mol. The molecule has 0 radical (unpaired) electrons. The summed E-state index contributed by atoms with van der Waals surface area (Å²) >= 11 is 1.69. The zero-order valence-electron chi connectivity index (χ0n) is 11.6. The standard InChI is InChI=1S/C14H22N2O2S/c1-10(6-14(17)18)12-4-3-5-16(7-12)8-13-9-19-11(2)15-13/h9-10,12H,3-8H2,1-2H3,(H,17,18). The Morgan fingerprint density at radius 2 is 2.47 bits per heavy atom. The number of aromatic nitrogens is 1. The maximum atomic E-state index is 10.8. The molecule has 0 aliphatic carbocycles. The van der Waals surface area contributed by atoms with Gasteiger partial charge >= 0.3 is 5.97 Å². The number of hydrogen-bond donors (Lipinski definition) is 1. The number of aliphatic carboxylic acids is 1. The van der Waals surface area contributed by atoms with E-state index in [2.05, 4.69) is 22.2 Å². The van der Waals surface area contributed by atoms with Crippen LogP contribution in [0.5, 0.6) is 0 Å². The second kappa shape index (κ2) is 6.48. The fraction of sp³-hybridized carbons (Fsp3) is 0.714. The molecule has 0 spiro atoms. The number of carboxylic acid groups (broad SMARTS) is 1. The van der Waals surface area contributed by atoms with Crippen molar-refractivity contribution in [1.29, 1.82) is 0 Å². The van der Waals surface area contributed by atoms with E-state index in [1.54, 1.807) is 11.3 Å². The summed E-state index contributed by atoms with van der Waals surface area (Å²) in [6.07, 6.45) is 2.60. The van der Waals surface area contributed by atoms with Gasteiger partial charge in [-0.15, -0.1) is 11.3 Å². The maximum absolute atomic E-state index is 10.8. The predicted octanol–water partition coefficient (Wildman–Crippen LogP) is 2.77. The molecule has 1 N–H and O–H groups in total. The quantitative estimate of drug-likeness (QED) is 0.902. The van der Waals surface area contributed by atoms with E-state index in [1.165, 1.54) is 0 Å². The second-order valence-corrected chi connectivity index (χ2v) is 6.63. The molecule has 2 rings (SSSR count). The van der Waals surface area contributed by atoms with E-state index >= 15 is 0 Å². The lowest BCUT2D eigenvalue weighted by Gasteiger charge is -2.35. The summed E-state index contributed by atoms with van der Waals surface area (Å²) in [5, 5.41) is 12.1. The normalized spacial score (nSPS) is 22.3. The zero-order chi connectivity index (χ0) is 13.8. The van der Waals surface area contributed by atoms with Crippen LogP contribution in [-0.2, 0) is 11.3 Å². The summed E-state index contributed by atoms with van der Waals surface area (Å²) in [4.78, 5) is 17.7. The fourth-order valence-electron chi connectivity index (χ4n) is 2.85. The van der Waals surface area contributed by atoms with Gasteiger partial charge in [0.1, 0.15) is 0 Å². The van der Waals surface area contributed by atoms with Crippen molar-refractivity contribution in [1.82, 2.24) is 9.88 Å². The van der Waals surface area contributed by atoms with Crippen LogP contribution in [0.1, 0.15) is 36.9 Å². The Hall–Kier alpha value is -0.940. The van der Waals surface area contributed by atoms with Gasteiger partial charge < -0.3 is 5.11 Å². The molecule has 0 bridgehead atoms. The van der Waals surface area contributed by atoms with E-state index in [9.17, 15) is 4.79 Å². The SMILES string of the molecule is Cc1nc(CN2CCCC(C(C)CC(=O)O)C2)cs1. The summed E-state index contributed by atoms with van der Waals surface area (Å²) in [5.74, 6) is 0.0850. The molecule has 1 aliphatic heterocycles. The van der Waals surface area contributed by atoms with Crippen molar-refractivity contribution in [2.45, 2.75) is 39.7 Å². The molecular weight excluding hydrogens is 260 g/mol. The minimum atomic E-state index is -0.681. The highest BCUT2D eigenvalue weighted by atomic mass is 32.1. The van der Waals surface area contributed by atoms with Crippen molar-refractivity contribution in [2.75, 3.05) is 13.1 Å². The minimum Gasteiger partial charge on any atom is -0.481 e. The van der Waals surface area contributed by atoms with Crippen molar-refractivity contribution in [3.8, 4) is 0 Å². The van der Waals surface area contributed by atoms with E-state index < -0.39 is 5.97 Å². The van der Waals surface area contributed by atoms with Gasteiger partial charge in [-0.25, -0.2) is 4.98 Å². The lowest BCUT2D eigenvalue weighted by Crippen LogP contribution is -2.37. The van der Waals surface area contributed by atoms with Crippen LogP contribution >= 0.6 is 11.3 Å². The van der Waals surface area contributed by atoms with Gasteiger partial charge in [0.25, 0.3) is 0 Å². The summed E-state index contributed by atoms with van der Waals surface area (Å²) in [5.41, 5.74) is 1.15. The largest absolute Gasteiger partial charge is 0.481 e. The third-order valence-corrected chi connectivity index (χ3v) is 4.72. The van der Waals surface area contributed by atoms with Gasteiger partial charge in [0.2, 0.25) is 0 Å². The number of carboxylic acids is 1. The second-order valence-electron chi connectivity index (χ2n) is 5.57. The van der Waals surface area contributed by atoms with Crippen LogP contribution in [0.3, 0.4) is 0 Å². The summed E-state index contributed by atoms with van der Waals surface area (Å²) in [6, 6.07) is 0. The number of aryl methyl sites for hydroxylation is 1. The highest BCUT2D eigenvalue weighted by Crippen LogP contribution is 2.27. The number of carbonyl (C=O) groups is 1. The van der Waals surface area contributed by atoms with Crippen LogP contribution in [0, 0.1) is 18.8 Å². The van der Waals surface area contributed by atoms with Gasteiger partial charge in [0, 0.05) is 24.9 Å². The number of thiazole rings is 1. The Balaban J connectivity index is 1.88. The van der Waals surface area contributed by atoms with E-state index in [0.717, 1.165) is 43.2 Å². The molecule has 1 fully saturated rings. The summed E-state index contributed by atoms with van der Waals surface area (Å²) in [6.45, 7) is 7.11. The first kappa shape index (κ1) is 14.5. The Bertz CT molecular complexity index is 433. The molecule has 5 heteroatoms. The minimum absolute atomic E-state index is 0.262. The molecular formula is C14H22N2O2S. The van der Waals surface area contributed by atoms with Crippen molar-refractivity contribution in [3.05, 3.63) is 16.1 Å². The van der Waals surface area contributed by atoms with Crippen LogP contribution < -0.4 is 0 Å². The maximum Gasteiger partial charge on any atom is 0.303 e. The van der Waals surface area contributed by atoms with Gasteiger partial charge in [0.15, 0.2) is 0 Å². The van der Waals surface area contributed by atoms with Gasteiger partial charge in [0.05, 0.1) is 10.7 Å². The lowest BCUT2D eigenvalue weighted by molar-refractivity contribution is -0.138. The van der Waals surface area contributed by atoms with Crippen LogP contribution in [0.25, 0.3) is 0 Å². The number of hydrogen-bond acceptors (Lipinski definition) is 4. The average molecular weight is 282 g/mol. The summed E-state index contributed by atoms with van der Waals surface area (Å²) < 4.78 is 0. The molecule has 0 aromatic carbocycles. The molecule has 2 atom stereocenters. The molecule has 1 aromatic heterocycles. The van der Waals surface area contributed by atoms with E-state index in [4.69, 9.17) is 5.11 Å². The molecule has 106 valence electrons. The third kappa shape index (κ3) is 4.28. The van der Waals surface area contributed by atoms with Gasteiger partial charge in [-0.3, -0.25) is 9.69 Å². The lowest BCUT2D eigenvalue weighted by atomic mass is 9.84. The van der Waals surface area contributed by atoms with Gasteiger partial charge in [-0.2, -0.15) is 0 Å².